The standard InChI is InChI=1S/C30H44O2/c1-20(2)8-7-9-21(18-31)22-12-14-28(6)24-11-10-23-26(3,4)25(32)13-15-29(23)19-30(24,29)17-16-27(22,28)5/h7,9,13,15,21-24,31H,1,8,10-12,14,16-19H2,2-6H3. The molecule has 5 aliphatic carbocycles. The quantitative estimate of drug-likeness (QED) is 0.476. The number of carbonyl (C=O) groups is 1. The molecule has 32 heavy (non-hydrogen) atoms. The van der Waals surface area contributed by atoms with Gasteiger partial charge in [0.1, 0.15) is 0 Å². The van der Waals surface area contributed by atoms with Crippen molar-refractivity contribution in [1.29, 1.82) is 0 Å². The average molecular weight is 437 g/mol. The normalized spacial score (nSPS) is 49.2. The van der Waals surface area contributed by atoms with Crippen LogP contribution in [0.25, 0.3) is 0 Å². The first-order valence-electron chi connectivity index (χ1n) is 13.1. The van der Waals surface area contributed by atoms with E-state index in [0.717, 1.165) is 12.3 Å². The van der Waals surface area contributed by atoms with E-state index in [9.17, 15) is 9.90 Å². The lowest BCUT2D eigenvalue weighted by atomic mass is 9.42. The van der Waals surface area contributed by atoms with E-state index >= 15 is 0 Å². The number of fused-ring (bicyclic) bond motifs is 2. The van der Waals surface area contributed by atoms with Crippen LogP contribution in [0.4, 0.5) is 0 Å². The summed E-state index contributed by atoms with van der Waals surface area (Å²) >= 11 is 0. The maximum Gasteiger partial charge on any atom is 0.161 e. The van der Waals surface area contributed by atoms with Gasteiger partial charge in [-0.15, -0.1) is 0 Å². The molecule has 0 aromatic carbocycles. The van der Waals surface area contributed by atoms with Gasteiger partial charge < -0.3 is 5.11 Å². The van der Waals surface area contributed by atoms with Gasteiger partial charge in [-0.3, -0.25) is 4.79 Å². The zero-order valence-electron chi connectivity index (χ0n) is 21.0. The van der Waals surface area contributed by atoms with Gasteiger partial charge in [-0.1, -0.05) is 58.1 Å². The first kappa shape index (κ1) is 22.6. The molecule has 4 saturated carbocycles. The van der Waals surface area contributed by atoms with Gasteiger partial charge in [-0.2, -0.15) is 0 Å². The highest BCUT2D eigenvalue weighted by Gasteiger charge is 2.81. The number of ketones is 1. The van der Waals surface area contributed by atoms with Crippen LogP contribution in [0.15, 0.2) is 36.5 Å². The molecule has 5 aliphatic rings. The summed E-state index contributed by atoms with van der Waals surface area (Å²) in [4.78, 5) is 12.7. The van der Waals surface area contributed by atoms with Gasteiger partial charge in [0.2, 0.25) is 0 Å². The van der Waals surface area contributed by atoms with Crippen LogP contribution in [0, 0.1) is 50.7 Å². The van der Waals surface area contributed by atoms with Crippen LogP contribution in [0.5, 0.6) is 0 Å². The molecule has 0 radical (unpaired) electrons. The Balaban J connectivity index is 1.46. The molecule has 0 saturated heterocycles. The van der Waals surface area contributed by atoms with Gasteiger partial charge in [0.05, 0.1) is 0 Å². The molecule has 8 atom stereocenters. The number of allylic oxidation sites excluding steroid dienone is 4. The smallest absolute Gasteiger partial charge is 0.161 e. The van der Waals surface area contributed by atoms with Crippen LogP contribution in [0.2, 0.25) is 0 Å². The molecule has 2 spiro atoms. The maximum atomic E-state index is 12.7. The summed E-state index contributed by atoms with van der Waals surface area (Å²) in [6.07, 6.45) is 18.7. The fraction of sp³-hybridized carbons (Fsp3) is 0.767. The lowest BCUT2D eigenvalue weighted by Crippen LogP contribution is -2.56. The van der Waals surface area contributed by atoms with Crippen molar-refractivity contribution in [3.05, 3.63) is 36.5 Å². The van der Waals surface area contributed by atoms with Gasteiger partial charge in [0, 0.05) is 17.9 Å². The summed E-state index contributed by atoms with van der Waals surface area (Å²) in [5, 5.41) is 10.4. The zero-order valence-corrected chi connectivity index (χ0v) is 21.0. The molecule has 0 aliphatic heterocycles. The lowest BCUT2D eigenvalue weighted by molar-refractivity contribution is -0.141. The molecule has 1 N–H and O–H groups in total. The minimum absolute atomic E-state index is 0.209. The third kappa shape index (κ3) is 2.60. The van der Waals surface area contributed by atoms with Crippen molar-refractivity contribution in [3.8, 4) is 0 Å². The van der Waals surface area contributed by atoms with Crippen LogP contribution in [0.3, 0.4) is 0 Å². The van der Waals surface area contributed by atoms with Crippen molar-refractivity contribution < 1.29 is 9.90 Å². The SMILES string of the molecule is C=C(C)CC=CC(CO)C1CCC2(C)C3CCC4C(C)(C)C(=O)C=CC45CC35CCC12C. The fourth-order valence-corrected chi connectivity index (χ4v) is 10.1. The van der Waals surface area contributed by atoms with E-state index < -0.39 is 0 Å². The molecule has 0 heterocycles. The zero-order chi connectivity index (χ0) is 23.2. The van der Waals surface area contributed by atoms with Crippen molar-refractivity contribution in [2.24, 2.45) is 50.7 Å². The fourth-order valence-electron chi connectivity index (χ4n) is 10.1. The van der Waals surface area contributed by atoms with Gasteiger partial charge in [-0.05, 0) is 104 Å². The topological polar surface area (TPSA) is 37.3 Å². The minimum Gasteiger partial charge on any atom is -0.396 e. The van der Waals surface area contributed by atoms with Crippen LogP contribution in [0.1, 0.15) is 86.0 Å². The molecular weight excluding hydrogens is 392 g/mol. The van der Waals surface area contributed by atoms with E-state index in [1.54, 1.807) is 0 Å². The highest BCUT2D eigenvalue weighted by molar-refractivity contribution is 5.96. The van der Waals surface area contributed by atoms with Gasteiger partial charge in [-0.25, -0.2) is 0 Å². The summed E-state index contributed by atoms with van der Waals surface area (Å²) in [7, 11) is 0. The Morgan fingerprint density at radius 2 is 1.84 bits per heavy atom. The van der Waals surface area contributed by atoms with Crippen LogP contribution in [-0.4, -0.2) is 17.5 Å². The third-order valence-electron chi connectivity index (χ3n) is 12.0. The van der Waals surface area contributed by atoms with Gasteiger partial charge in [0.25, 0.3) is 0 Å². The first-order chi connectivity index (χ1) is 15.0. The van der Waals surface area contributed by atoms with Gasteiger partial charge >= 0.3 is 0 Å². The molecule has 8 unspecified atom stereocenters. The van der Waals surface area contributed by atoms with Crippen molar-refractivity contribution in [3.63, 3.8) is 0 Å². The summed E-state index contributed by atoms with van der Waals surface area (Å²) in [5.41, 5.74) is 2.27. The molecule has 5 rings (SSSR count). The van der Waals surface area contributed by atoms with E-state index in [-0.39, 0.29) is 28.8 Å². The van der Waals surface area contributed by atoms with E-state index in [2.05, 4.69) is 59.4 Å². The van der Waals surface area contributed by atoms with Crippen LogP contribution >= 0.6 is 0 Å². The van der Waals surface area contributed by atoms with Crippen molar-refractivity contribution in [2.45, 2.75) is 86.0 Å². The summed E-state index contributed by atoms with van der Waals surface area (Å²) in [6, 6.07) is 0. The number of hydrogen-bond acceptors (Lipinski definition) is 2. The highest BCUT2D eigenvalue weighted by atomic mass is 16.3. The Labute approximate surface area is 195 Å². The van der Waals surface area contributed by atoms with Crippen LogP contribution < -0.4 is 0 Å². The number of carbonyl (C=O) groups excluding carboxylic acids is 1. The Morgan fingerprint density at radius 3 is 2.53 bits per heavy atom. The second kappa shape index (κ2) is 6.94. The lowest BCUT2D eigenvalue weighted by Gasteiger charge is -2.62. The molecule has 0 bridgehead atoms. The number of hydrogen-bond donors (Lipinski definition) is 1. The number of aliphatic hydroxyl groups excluding tert-OH is 1. The largest absolute Gasteiger partial charge is 0.396 e. The molecular formula is C30H44O2. The average Bonchev–Trinajstić information content (AvgIpc) is 3.32. The molecule has 176 valence electrons. The Hall–Kier alpha value is -1.15. The second-order valence-corrected chi connectivity index (χ2v) is 13.4. The Morgan fingerprint density at radius 1 is 1.12 bits per heavy atom. The molecule has 2 heteroatoms. The maximum absolute atomic E-state index is 12.7. The molecule has 0 amide bonds. The summed E-state index contributed by atoms with van der Waals surface area (Å²) in [6.45, 7) is 16.0. The van der Waals surface area contributed by atoms with E-state index in [1.165, 1.54) is 50.5 Å². The van der Waals surface area contributed by atoms with Crippen molar-refractivity contribution in [2.75, 3.05) is 6.61 Å². The highest BCUT2D eigenvalue weighted by Crippen LogP contribution is 2.87. The minimum atomic E-state index is -0.209. The number of rotatable bonds is 5. The Bertz CT molecular complexity index is 895. The third-order valence-corrected chi connectivity index (χ3v) is 12.0. The van der Waals surface area contributed by atoms with E-state index in [4.69, 9.17) is 0 Å². The second-order valence-electron chi connectivity index (χ2n) is 13.4. The monoisotopic (exact) mass is 436 g/mol. The van der Waals surface area contributed by atoms with Crippen molar-refractivity contribution in [1.82, 2.24) is 0 Å². The predicted octanol–water partition coefficient (Wildman–Crippen LogP) is 6.90. The first-order valence-corrected chi connectivity index (χ1v) is 13.1. The summed E-state index contributed by atoms with van der Waals surface area (Å²) < 4.78 is 0. The van der Waals surface area contributed by atoms with Crippen LogP contribution in [-0.2, 0) is 4.79 Å². The predicted molar refractivity (Wildman–Crippen MR) is 131 cm³/mol. The van der Waals surface area contributed by atoms with E-state index in [0.29, 0.717) is 28.4 Å². The van der Waals surface area contributed by atoms with Crippen molar-refractivity contribution >= 4 is 5.78 Å². The van der Waals surface area contributed by atoms with E-state index in [1.807, 2.05) is 6.08 Å². The molecule has 0 aromatic heterocycles. The molecule has 4 fully saturated rings. The molecule has 0 aromatic rings. The number of aliphatic hydroxyl groups is 1. The Kier molecular flexibility index (Phi) is 4.91. The van der Waals surface area contributed by atoms with Gasteiger partial charge in [0.15, 0.2) is 5.78 Å². The molecule has 2 nitrogen and oxygen atoms in total. The summed E-state index contributed by atoms with van der Waals surface area (Å²) in [5.74, 6) is 2.43.